The molecule has 2 heterocycles. The molecule has 0 spiro atoms. The van der Waals surface area contributed by atoms with E-state index in [0.717, 1.165) is 32.0 Å². The summed E-state index contributed by atoms with van der Waals surface area (Å²) in [5, 5.41) is 5.86. The number of ketones is 2. The first-order chi connectivity index (χ1) is 24.0. The number of carbonyl (C=O) groups excluding carboxylic acids is 4. The average Bonchev–Trinajstić information content (AvgIpc) is 3.06. The van der Waals surface area contributed by atoms with E-state index in [1.807, 2.05) is 23.5 Å². The van der Waals surface area contributed by atoms with Crippen LogP contribution in [0.4, 0.5) is 0 Å². The number of carbonyl (C=O) groups is 4. The lowest BCUT2D eigenvalue weighted by molar-refractivity contribution is -0.121. The number of unbranched alkanes of at least 4 members (excludes halogenated alkanes) is 7. The molecule has 0 aromatic carbocycles. The van der Waals surface area contributed by atoms with Gasteiger partial charge in [0.15, 0.2) is 11.6 Å². The maximum atomic E-state index is 12.9. The van der Waals surface area contributed by atoms with Gasteiger partial charge in [-0.15, -0.1) is 0 Å². The molecular weight excluding hydrogens is 800 g/mol. The Kier molecular flexibility index (Phi) is 23.2. The molecule has 0 aliphatic heterocycles. The Bertz CT molecular complexity index is 1230. The zero-order chi connectivity index (χ0) is 36.7. The van der Waals surface area contributed by atoms with E-state index >= 15 is 0 Å². The van der Waals surface area contributed by atoms with Crippen molar-refractivity contribution in [3.63, 3.8) is 0 Å². The molecule has 2 rings (SSSR count). The van der Waals surface area contributed by atoms with E-state index < -0.39 is 12.1 Å². The van der Waals surface area contributed by atoms with E-state index in [1.165, 1.54) is 63.8 Å². The van der Waals surface area contributed by atoms with Crippen molar-refractivity contribution >= 4 is 78.8 Å². The topological polar surface area (TPSA) is 118 Å². The molecule has 2 N–H and O–H groups in total. The quantitative estimate of drug-likeness (QED) is 0.0854. The van der Waals surface area contributed by atoms with Crippen molar-refractivity contribution in [1.82, 2.24) is 20.6 Å². The molecule has 2 unspecified atom stereocenters. The van der Waals surface area contributed by atoms with Crippen LogP contribution in [0.2, 0.25) is 0 Å². The highest BCUT2D eigenvalue weighted by molar-refractivity contribution is 9.10. The minimum absolute atomic E-state index is 0.0982. The third-order valence-electron chi connectivity index (χ3n) is 8.05. The molecule has 2 atom stereocenters. The number of halogens is 2. The first-order valence-electron chi connectivity index (χ1n) is 18.0. The third kappa shape index (κ3) is 19.7. The van der Waals surface area contributed by atoms with Gasteiger partial charge < -0.3 is 10.6 Å². The highest BCUT2D eigenvalue weighted by Crippen LogP contribution is 2.17. The van der Waals surface area contributed by atoms with Gasteiger partial charge in [0.05, 0.1) is 23.2 Å². The maximum Gasteiger partial charge on any atom is 0.253 e. The van der Waals surface area contributed by atoms with E-state index in [0.29, 0.717) is 48.6 Å². The van der Waals surface area contributed by atoms with Crippen molar-refractivity contribution in [3.05, 3.63) is 57.0 Å². The molecule has 12 heteroatoms. The fourth-order valence-corrected chi connectivity index (χ4v) is 8.05. The lowest BCUT2D eigenvalue weighted by Gasteiger charge is -2.19. The molecule has 0 radical (unpaired) electrons. The first kappa shape index (κ1) is 44.4. The second kappa shape index (κ2) is 26.1. The van der Waals surface area contributed by atoms with Gasteiger partial charge in [0.25, 0.3) is 11.8 Å². The molecule has 8 nitrogen and oxygen atoms in total. The number of pyridine rings is 2. The number of aromatic nitrogens is 2. The molecule has 0 aliphatic rings. The number of amides is 2. The number of thioether (sulfide) groups is 2. The van der Waals surface area contributed by atoms with Crippen molar-refractivity contribution in [2.75, 3.05) is 23.0 Å². The minimum Gasteiger partial charge on any atom is -0.342 e. The lowest BCUT2D eigenvalue weighted by atomic mass is 9.98. The van der Waals surface area contributed by atoms with Gasteiger partial charge in [0.1, 0.15) is 0 Å². The third-order valence-corrected chi connectivity index (χ3v) is 11.1. The summed E-state index contributed by atoms with van der Waals surface area (Å²) in [5.74, 6) is 3.96. The molecule has 0 aliphatic carbocycles. The summed E-state index contributed by atoms with van der Waals surface area (Å²) in [6.07, 6.45) is 18.3. The van der Waals surface area contributed by atoms with Crippen LogP contribution in [-0.2, 0) is 9.59 Å². The monoisotopic (exact) mass is 854 g/mol. The van der Waals surface area contributed by atoms with E-state index in [4.69, 9.17) is 0 Å². The van der Waals surface area contributed by atoms with Gasteiger partial charge >= 0.3 is 0 Å². The van der Waals surface area contributed by atoms with Crippen molar-refractivity contribution in [3.8, 4) is 0 Å². The summed E-state index contributed by atoms with van der Waals surface area (Å²) in [5.41, 5.74) is 0.892. The fraction of sp³-hybridized carbons (Fsp3) is 0.632. The van der Waals surface area contributed by atoms with Crippen molar-refractivity contribution < 1.29 is 19.2 Å². The first-order valence-corrected chi connectivity index (χ1v) is 21.9. The molecular formula is C38H56Br2N4O4S2. The smallest absolute Gasteiger partial charge is 0.253 e. The van der Waals surface area contributed by atoms with Crippen LogP contribution in [0.5, 0.6) is 0 Å². The Hall–Kier alpha value is -1.76. The summed E-state index contributed by atoms with van der Waals surface area (Å²) in [4.78, 5) is 59.3. The highest BCUT2D eigenvalue weighted by Gasteiger charge is 2.23. The average molecular weight is 857 g/mol. The molecule has 278 valence electrons. The lowest BCUT2D eigenvalue weighted by Crippen LogP contribution is -2.42. The van der Waals surface area contributed by atoms with Crippen molar-refractivity contribution in [2.24, 2.45) is 11.8 Å². The predicted octanol–water partition coefficient (Wildman–Crippen LogP) is 9.50. The van der Waals surface area contributed by atoms with Gasteiger partial charge in [-0.2, -0.15) is 23.5 Å². The fourth-order valence-electron chi connectivity index (χ4n) is 5.41. The summed E-state index contributed by atoms with van der Waals surface area (Å²) >= 11 is 10.3. The van der Waals surface area contributed by atoms with E-state index in [1.54, 1.807) is 24.5 Å². The van der Waals surface area contributed by atoms with Crippen molar-refractivity contribution in [1.29, 1.82) is 0 Å². The summed E-state index contributed by atoms with van der Waals surface area (Å²) in [6.45, 7) is 8.25. The van der Waals surface area contributed by atoms with E-state index in [9.17, 15) is 19.2 Å². The van der Waals surface area contributed by atoms with Crippen LogP contribution >= 0.6 is 55.4 Å². The standard InChI is InChI=1S/C38H56Br2N4O4S2/c1-27(2)19-33(43-37(47)29-21-31(39)25-41-23-29)35(45)13-17-49-15-11-9-7-5-6-8-10-12-16-50-18-14-36(46)34(20-28(3)4)44-38(48)30-22-32(40)26-42-24-30/h21-28,33-34H,5-20H2,1-4H3,(H,43,47)(H,44,48). The number of nitrogens with zero attached hydrogens (tertiary/aromatic N) is 2. The van der Waals surface area contributed by atoms with E-state index in [2.05, 4.69) is 80.2 Å². The van der Waals surface area contributed by atoms with Crippen molar-refractivity contribution in [2.45, 2.75) is 117 Å². The number of hydrogen-bond acceptors (Lipinski definition) is 8. The number of rotatable bonds is 27. The Morgan fingerprint density at radius 2 is 0.940 bits per heavy atom. The maximum absolute atomic E-state index is 12.9. The van der Waals surface area contributed by atoms with Crippen LogP contribution in [-0.4, -0.2) is 68.4 Å². The summed E-state index contributed by atoms with van der Waals surface area (Å²) in [7, 11) is 0. The van der Waals surface area contributed by atoms with E-state index in [-0.39, 0.29) is 23.4 Å². The zero-order valence-electron chi connectivity index (χ0n) is 30.2. The second-order valence-electron chi connectivity index (χ2n) is 13.6. The molecule has 50 heavy (non-hydrogen) atoms. The normalized spacial score (nSPS) is 12.6. The Morgan fingerprint density at radius 3 is 1.28 bits per heavy atom. The molecule has 2 aromatic rings. The Morgan fingerprint density at radius 1 is 0.580 bits per heavy atom. The van der Waals surface area contributed by atoms with Crippen LogP contribution < -0.4 is 10.6 Å². The molecule has 0 fully saturated rings. The summed E-state index contributed by atoms with van der Waals surface area (Å²) < 4.78 is 1.46. The van der Waals surface area contributed by atoms with Gasteiger partial charge in [0, 0.05) is 58.1 Å². The predicted molar refractivity (Wildman–Crippen MR) is 216 cm³/mol. The molecule has 2 amide bonds. The number of Topliss-reactive ketones (excluding diaryl/α,β-unsaturated/α-hetero) is 2. The summed E-state index contributed by atoms with van der Waals surface area (Å²) in [6, 6.07) is 2.48. The number of hydrogen-bond donors (Lipinski definition) is 2. The van der Waals surface area contributed by atoms with Gasteiger partial charge in [-0.1, -0.05) is 66.2 Å². The zero-order valence-corrected chi connectivity index (χ0v) is 35.0. The SMILES string of the molecule is CC(C)CC(NC(=O)c1cncc(Br)c1)C(=O)CCSCCCCCCCCCCSCCC(=O)C(CC(C)C)NC(=O)c1cncc(Br)c1. The molecule has 0 saturated carbocycles. The highest BCUT2D eigenvalue weighted by atomic mass is 79.9. The van der Waals surface area contributed by atoms with Crippen LogP contribution in [0.25, 0.3) is 0 Å². The minimum atomic E-state index is -0.472. The largest absolute Gasteiger partial charge is 0.342 e. The van der Waals surface area contributed by atoms with Crippen LogP contribution in [0, 0.1) is 11.8 Å². The van der Waals surface area contributed by atoms with Gasteiger partial charge in [-0.25, -0.2) is 0 Å². The van der Waals surface area contributed by atoms with Crippen LogP contribution in [0.15, 0.2) is 45.9 Å². The molecule has 2 aromatic heterocycles. The van der Waals surface area contributed by atoms with Gasteiger partial charge in [-0.3, -0.25) is 29.1 Å². The molecule has 0 saturated heterocycles. The van der Waals surface area contributed by atoms with Crippen LogP contribution in [0.1, 0.15) is 125 Å². The van der Waals surface area contributed by atoms with Gasteiger partial charge in [0.2, 0.25) is 0 Å². The Labute approximate surface area is 325 Å². The molecule has 0 bridgehead atoms. The second-order valence-corrected chi connectivity index (χ2v) is 17.9. The van der Waals surface area contributed by atoms with Gasteiger partial charge in [-0.05, 0) is 93.0 Å². The van der Waals surface area contributed by atoms with Crippen LogP contribution in [0.3, 0.4) is 0 Å². The number of nitrogens with one attached hydrogen (secondary N) is 2. The Balaban J connectivity index is 1.48.